The number of benzene rings is 1. The van der Waals surface area contributed by atoms with Crippen molar-refractivity contribution in [1.29, 1.82) is 0 Å². The largest absolute Gasteiger partial charge is 0.487 e. The summed E-state index contributed by atoms with van der Waals surface area (Å²) in [5.74, 6) is 1.18. The molecule has 1 N–H and O–H groups in total. The van der Waals surface area contributed by atoms with E-state index in [0.29, 0.717) is 13.2 Å². The van der Waals surface area contributed by atoms with Crippen molar-refractivity contribution in [2.24, 2.45) is 5.92 Å². The summed E-state index contributed by atoms with van der Waals surface area (Å²) in [6, 6.07) is 13.6. The monoisotopic (exact) mass is 310 g/mol. The van der Waals surface area contributed by atoms with E-state index in [4.69, 9.17) is 4.74 Å². The maximum absolute atomic E-state index is 12.1. The Labute approximate surface area is 136 Å². The number of rotatable bonds is 6. The van der Waals surface area contributed by atoms with Gasteiger partial charge in [0.05, 0.1) is 5.69 Å². The summed E-state index contributed by atoms with van der Waals surface area (Å²) in [6.45, 7) is 0.995. The Bertz CT molecular complexity index is 637. The lowest BCUT2D eigenvalue weighted by atomic mass is 10.1. The Morgan fingerprint density at radius 2 is 2.04 bits per heavy atom. The first-order chi connectivity index (χ1) is 11.3. The van der Waals surface area contributed by atoms with Crippen molar-refractivity contribution < 1.29 is 9.53 Å². The summed E-state index contributed by atoms with van der Waals surface area (Å²) in [5, 5.41) is 3.04. The van der Waals surface area contributed by atoms with Gasteiger partial charge >= 0.3 is 0 Å². The summed E-state index contributed by atoms with van der Waals surface area (Å²) < 4.78 is 5.76. The molecule has 0 atom stereocenters. The molecular formula is C19H22N2O2. The van der Waals surface area contributed by atoms with Crippen molar-refractivity contribution >= 4 is 5.91 Å². The van der Waals surface area contributed by atoms with Gasteiger partial charge in [-0.15, -0.1) is 0 Å². The average molecular weight is 310 g/mol. The van der Waals surface area contributed by atoms with E-state index in [1.54, 1.807) is 6.20 Å². The number of hydrogen-bond acceptors (Lipinski definition) is 3. The van der Waals surface area contributed by atoms with E-state index in [1.807, 2.05) is 42.5 Å². The fourth-order valence-electron chi connectivity index (χ4n) is 2.91. The van der Waals surface area contributed by atoms with Gasteiger partial charge in [-0.2, -0.15) is 0 Å². The van der Waals surface area contributed by atoms with Crippen LogP contribution in [0.4, 0.5) is 0 Å². The molecule has 1 aromatic heterocycles. The van der Waals surface area contributed by atoms with E-state index in [9.17, 15) is 4.79 Å². The summed E-state index contributed by atoms with van der Waals surface area (Å²) in [4.78, 5) is 16.3. The minimum absolute atomic E-state index is 0.183. The van der Waals surface area contributed by atoms with Crippen LogP contribution in [-0.4, -0.2) is 10.9 Å². The molecule has 1 aliphatic carbocycles. The van der Waals surface area contributed by atoms with Crippen LogP contribution in [0.1, 0.15) is 36.9 Å². The minimum Gasteiger partial charge on any atom is -0.487 e. The van der Waals surface area contributed by atoms with Crippen LogP contribution in [0.3, 0.4) is 0 Å². The van der Waals surface area contributed by atoms with Crippen molar-refractivity contribution in [2.75, 3.05) is 0 Å². The molecule has 1 aliphatic rings. The first kappa shape index (κ1) is 15.5. The Hall–Kier alpha value is -2.36. The molecule has 0 spiro atoms. The Morgan fingerprint density at radius 3 is 2.83 bits per heavy atom. The maximum Gasteiger partial charge on any atom is 0.223 e. The molecule has 0 radical (unpaired) electrons. The number of aromatic nitrogens is 1. The van der Waals surface area contributed by atoms with Crippen LogP contribution in [0, 0.1) is 5.92 Å². The highest BCUT2D eigenvalue weighted by molar-refractivity contribution is 5.78. The fraction of sp³-hybridized carbons (Fsp3) is 0.368. The fourth-order valence-corrected chi connectivity index (χ4v) is 2.91. The second-order valence-corrected chi connectivity index (χ2v) is 5.96. The van der Waals surface area contributed by atoms with E-state index in [0.717, 1.165) is 29.8 Å². The van der Waals surface area contributed by atoms with Crippen molar-refractivity contribution in [3.05, 3.63) is 59.9 Å². The minimum atomic E-state index is 0.183. The number of amides is 1. The zero-order valence-corrected chi connectivity index (χ0v) is 13.2. The third kappa shape index (κ3) is 4.55. The molecule has 1 fully saturated rings. The van der Waals surface area contributed by atoms with Gasteiger partial charge < -0.3 is 10.1 Å². The molecule has 4 heteroatoms. The van der Waals surface area contributed by atoms with E-state index >= 15 is 0 Å². The van der Waals surface area contributed by atoms with Crippen LogP contribution >= 0.6 is 0 Å². The lowest BCUT2D eigenvalue weighted by Crippen LogP contribution is -2.28. The van der Waals surface area contributed by atoms with Crippen LogP contribution in [0.2, 0.25) is 0 Å². The molecule has 1 saturated carbocycles. The highest BCUT2D eigenvalue weighted by Crippen LogP contribution is 2.24. The van der Waals surface area contributed by atoms with Crippen molar-refractivity contribution in [1.82, 2.24) is 10.3 Å². The van der Waals surface area contributed by atoms with E-state index < -0.39 is 0 Å². The maximum atomic E-state index is 12.1. The van der Waals surface area contributed by atoms with Gasteiger partial charge in [-0.3, -0.25) is 9.78 Å². The molecule has 0 unspecified atom stereocenters. The predicted molar refractivity (Wildman–Crippen MR) is 88.8 cm³/mol. The van der Waals surface area contributed by atoms with Gasteiger partial charge in [0.25, 0.3) is 0 Å². The lowest BCUT2D eigenvalue weighted by molar-refractivity contribution is -0.124. The molecule has 4 nitrogen and oxygen atoms in total. The average Bonchev–Trinajstić information content (AvgIpc) is 3.14. The Kier molecular flexibility index (Phi) is 5.25. The van der Waals surface area contributed by atoms with Crippen LogP contribution in [0.25, 0.3) is 0 Å². The van der Waals surface area contributed by atoms with Gasteiger partial charge in [-0.25, -0.2) is 0 Å². The number of carbonyl (C=O) groups excluding carboxylic acids is 1. The third-order valence-corrected chi connectivity index (χ3v) is 4.20. The smallest absolute Gasteiger partial charge is 0.223 e. The first-order valence-electron chi connectivity index (χ1n) is 8.20. The molecule has 0 saturated heterocycles. The molecule has 2 aromatic rings. The zero-order valence-electron chi connectivity index (χ0n) is 13.2. The molecule has 1 amide bonds. The van der Waals surface area contributed by atoms with Crippen LogP contribution in [0.5, 0.6) is 5.75 Å². The van der Waals surface area contributed by atoms with Gasteiger partial charge in [0.2, 0.25) is 5.91 Å². The normalized spacial score (nSPS) is 14.6. The quantitative estimate of drug-likeness (QED) is 0.889. The van der Waals surface area contributed by atoms with Gasteiger partial charge in [-0.05, 0) is 42.7 Å². The van der Waals surface area contributed by atoms with Gasteiger partial charge in [0.15, 0.2) is 0 Å². The predicted octanol–water partition coefficient (Wildman–Crippen LogP) is 3.47. The van der Waals surface area contributed by atoms with Gasteiger partial charge in [0.1, 0.15) is 12.4 Å². The standard InChI is InChI=1S/C19H22N2O2/c22-19(16-7-1-2-8-16)21-13-15-6-5-10-18(12-15)23-14-17-9-3-4-11-20-17/h3-6,9-12,16H,1-2,7-8,13-14H2,(H,21,22). The number of pyridine rings is 1. The molecule has 23 heavy (non-hydrogen) atoms. The highest BCUT2D eigenvalue weighted by atomic mass is 16.5. The Balaban J connectivity index is 1.51. The summed E-state index contributed by atoms with van der Waals surface area (Å²) in [6.07, 6.45) is 6.16. The molecule has 1 aromatic carbocycles. The van der Waals surface area contributed by atoms with Gasteiger partial charge in [-0.1, -0.05) is 31.0 Å². The molecular weight excluding hydrogens is 288 g/mol. The van der Waals surface area contributed by atoms with E-state index in [2.05, 4.69) is 10.3 Å². The second kappa shape index (κ2) is 7.77. The SMILES string of the molecule is O=C(NCc1cccc(OCc2ccccn2)c1)C1CCCC1. The number of carbonyl (C=O) groups is 1. The summed E-state index contributed by atoms with van der Waals surface area (Å²) in [5.41, 5.74) is 1.95. The molecule has 120 valence electrons. The first-order valence-corrected chi connectivity index (χ1v) is 8.20. The summed E-state index contributed by atoms with van der Waals surface area (Å²) in [7, 11) is 0. The molecule has 0 bridgehead atoms. The van der Waals surface area contributed by atoms with Gasteiger partial charge in [0, 0.05) is 18.7 Å². The molecule has 3 rings (SSSR count). The third-order valence-electron chi connectivity index (χ3n) is 4.20. The van der Waals surface area contributed by atoms with E-state index in [-0.39, 0.29) is 11.8 Å². The Morgan fingerprint density at radius 1 is 1.17 bits per heavy atom. The molecule has 1 heterocycles. The number of nitrogens with one attached hydrogen (secondary N) is 1. The van der Waals surface area contributed by atoms with Crippen LogP contribution in [0.15, 0.2) is 48.7 Å². The lowest BCUT2D eigenvalue weighted by Gasteiger charge is -2.11. The van der Waals surface area contributed by atoms with Crippen molar-refractivity contribution in [2.45, 2.75) is 38.8 Å². The number of ether oxygens (including phenoxy) is 1. The van der Waals surface area contributed by atoms with Crippen LogP contribution in [-0.2, 0) is 17.9 Å². The number of nitrogens with zero attached hydrogens (tertiary/aromatic N) is 1. The van der Waals surface area contributed by atoms with Crippen molar-refractivity contribution in [3.8, 4) is 5.75 Å². The van der Waals surface area contributed by atoms with Crippen LogP contribution < -0.4 is 10.1 Å². The highest BCUT2D eigenvalue weighted by Gasteiger charge is 2.22. The second-order valence-electron chi connectivity index (χ2n) is 5.96. The number of hydrogen-bond donors (Lipinski definition) is 1. The zero-order chi connectivity index (χ0) is 15.9. The summed E-state index contributed by atoms with van der Waals surface area (Å²) >= 11 is 0. The van der Waals surface area contributed by atoms with E-state index in [1.165, 1.54) is 12.8 Å². The molecule has 0 aliphatic heterocycles. The topological polar surface area (TPSA) is 51.2 Å². The van der Waals surface area contributed by atoms with Crippen molar-refractivity contribution in [3.63, 3.8) is 0 Å².